The van der Waals surface area contributed by atoms with Crippen molar-refractivity contribution >= 4 is 28.8 Å². The fourth-order valence-corrected chi connectivity index (χ4v) is 0.511. The lowest BCUT2D eigenvalue weighted by molar-refractivity contribution is 0.321. The Morgan fingerprint density at radius 3 is 2.73 bits per heavy atom. The molecule has 1 heterocycles. The predicted octanol–water partition coefficient (Wildman–Crippen LogP) is 1.94. The van der Waals surface area contributed by atoms with Gasteiger partial charge in [-0.05, 0) is 17.1 Å². The van der Waals surface area contributed by atoms with Crippen LogP contribution in [0.4, 0.5) is 0 Å². The smallest absolute Gasteiger partial charge is 0.0918 e. The molecule has 1 aromatic heterocycles. The van der Waals surface area contributed by atoms with Gasteiger partial charge in [-0.15, -0.1) is 0 Å². The SMILES string of the molecule is CI.ON=Cc1ccccn1. The summed E-state index contributed by atoms with van der Waals surface area (Å²) < 4.78 is 0. The molecule has 4 heteroatoms. The normalized spacial score (nSPS) is 8.91. The predicted molar refractivity (Wildman–Crippen MR) is 53.6 cm³/mol. The van der Waals surface area contributed by atoms with E-state index in [4.69, 9.17) is 5.21 Å². The molecule has 60 valence electrons. The van der Waals surface area contributed by atoms with E-state index in [0.29, 0.717) is 5.69 Å². The highest BCUT2D eigenvalue weighted by molar-refractivity contribution is 14.1. The van der Waals surface area contributed by atoms with Crippen molar-refractivity contribution in [1.29, 1.82) is 0 Å². The summed E-state index contributed by atoms with van der Waals surface area (Å²) in [5.74, 6) is 0. The minimum Gasteiger partial charge on any atom is -0.411 e. The maximum absolute atomic E-state index is 8.05. The molecule has 0 aliphatic carbocycles. The van der Waals surface area contributed by atoms with Gasteiger partial charge in [-0.2, -0.15) is 0 Å². The van der Waals surface area contributed by atoms with E-state index in [1.54, 1.807) is 18.3 Å². The molecule has 0 saturated heterocycles. The van der Waals surface area contributed by atoms with Gasteiger partial charge in [-0.1, -0.05) is 33.8 Å². The average Bonchev–Trinajstić information content (AvgIpc) is 2.11. The first-order valence-corrected chi connectivity index (χ1v) is 5.05. The summed E-state index contributed by atoms with van der Waals surface area (Å²) in [6.07, 6.45) is 2.91. The fourth-order valence-electron chi connectivity index (χ4n) is 0.511. The number of hydrogen-bond donors (Lipinski definition) is 1. The highest BCUT2D eigenvalue weighted by atomic mass is 127. The zero-order valence-corrected chi connectivity index (χ0v) is 8.26. The molecule has 0 spiro atoms. The third kappa shape index (κ3) is 4.72. The van der Waals surface area contributed by atoms with Crippen LogP contribution in [0.2, 0.25) is 0 Å². The van der Waals surface area contributed by atoms with Gasteiger partial charge < -0.3 is 5.21 Å². The minimum absolute atomic E-state index is 0.653. The summed E-state index contributed by atoms with van der Waals surface area (Å²) >= 11 is 2.15. The van der Waals surface area contributed by atoms with Gasteiger partial charge in [0.1, 0.15) is 0 Å². The zero-order valence-electron chi connectivity index (χ0n) is 6.11. The van der Waals surface area contributed by atoms with Gasteiger partial charge in [0, 0.05) is 6.20 Å². The minimum atomic E-state index is 0.653. The first kappa shape index (κ1) is 10.3. The molecule has 3 nitrogen and oxygen atoms in total. The Bertz CT molecular complexity index is 201. The van der Waals surface area contributed by atoms with E-state index in [9.17, 15) is 0 Å². The molecular formula is C7H9IN2O. The highest BCUT2D eigenvalue weighted by Crippen LogP contribution is 1.86. The van der Waals surface area contributed by atoms with Crippen molar-refractivity contribution in [2.45, 2.75) is 0 Å². The van der Waals surface area contributed by atoms with Gasteiger partial charge >= 0.3 is 0 Å². The summed E-state index contributed by atoms with van der Waals surface area (Å²) in [6, 6.07) is 5.37. The first-order chi connectivity index (χ1) is 5.43. The van der Waals surface area contributed by atoms with E-state index in [0.717, 1.165) is 0 Å². The molecule has 0 saturated carbocycles. The van der Waals surface area contributed by atoms with Crippen LogP contribution in [-0.2, 0) is 0 Å². The molecule has 0 aliphatic heterocycles. The molecule has 0 radical (unpaired) electrons. The van der Waals surface area contributed by atoms with Gasteiger partial charge in [0.15, 0.2) is 0 Å². The number of halogens is 1. The van der Waals surface area contributed by atoms with Crippen molar-refractivity contribution in [3.63, 3.8) is 0 Å². The average molecular weight is 264 g/mol. The van der Waals surface area contributed by atoms with Crippen molar-refractivity contribution in [2.24, 2.45) is 5.16 Å². The number of nitrogens with zero attached hydrogens (tertiary/aromatic N) is 2. The molecule has 0 unspecified atom stereocenters. The van der Waals surface area contributed by atoms with Crippen LogP contribution in [-0.4, -0.2) is 21.3 Å². The number of alkyl halides is 1. The fraction of sp³-hybridized carbons (Fsp3) is 0.143. The molecule has 1 rings (SSSR count). The van der Waals surface area contributed by atoms with E-state index in [1.807, 2.05) is 11.0 Å². The lowest BCUT2D eigenvalue weighted by atomic mass is 10.4. The van der Waals surface area contributed by atoms with Gasteiger partial charge in [0.2, 0.25) is 0 Å². The Morgan fingerprint density at radius 1 is 1.55 bits per heavy atom. The van der Waals surface area contributed by atoms with Gasteiger partial charge in [0.05, 0.1) is 11.9 Å². The molecule has 0 amide bonds. The second-order valence-electron chi connectivity index (χ2n) is 1.50. The molecule has 1 aromatic rings. The quantitative estimate of drug-likeness (QED) is 0.277. The molecule has 0 fully saturated rings. The second-order valence-corrected chi connectivity index (χ2v) is 1.50. The van der Waals surface area contributed by atoms with Crippen molar-refractivity contribution in [3.8, 4) is 0 Å². The van der Waals surface area contributed by atoms with Crippen molar-refractivity contribution in [2.75, 3.05) is 4.93 Å². The van der Waals surface area contributed by atoms with E-state index in [2.05, 4.69) is 32.7 Å². The largest absolute Gasteiger partial charge is 0.411 e. The number of hydrogen-bond acceptors (Lipinski definition) is 3. The summed E-state index contributed by atoms with van der Waals surface area (Å²) in [4.78, 5) is 5.83. The molecular weight excluding hydrogens is 255 g/mol. The van der Waals surface area contributed by atoms with Crippen molar-refractivity contribution in [3.05, 3.63) is 30.1 Å². The Balaban J connectivity index is 0.000000461. The highest BCUT2D eigenvalue weighted by Gasteiger charge is 1.81. The van der Waals surface area contributed by atoms with Crippen LogP contribution in [0.15, 0.2) is 29.6 Å². The van der Waals surface area contributed by atoms with Crippen LogP contribution in [0.25, 0.3) is 0 Å². The number of pyridine rings is 1. The standard InChI is InChI=1S/C6H6N2O.CH3I/c9-8-5-6-3-1-2-4-7-6;1-2/h1-5,9H;1H3. The number of rotatable bonds is 1. The zero-order chi connectivity index (χ0) is 8.53. The Kier molecular flexibility index (Phi) is 7.02. The summed E-state index contributed by atoms with van der Waals surface area (Å²) in [5, 5.41) is 10.9. The first-order valence-electron chi connectivity index (χ1n) is 2.90. The topological polar surface area (TPSA) is 45.5 Å². The van der Waals surface area contributed by atoms with E-state index in [1.165, 1.54) is 6.21 Å². The molecule has 0 bridgehead atoms. The third-order valence-electron chi connectivity index (χ3n) is 0.878. The molecule has 1 N–H and O–H groups in total. The van der Waals surface area contributed by atoms with Crippen molar-refractivity contribution in [1.82, 2.24) is 4.98 Å². The second kappa shape index (κ2) is 7.46. The Labute approximate surface area is 79.3 Å². The molecule has 0 aliphatic rings. The van der Waals surface area contributed by atoms with E-state index in [-0.39, 0.29) is 0 Å². The summed E-state index contributed by atoms with van der Waals surface area (Å²) in [7, 11) is 0. The third-order valence-corrected chi connectivity index (χ3v) is 0.878. The Hall–Kier alpha value is -0.650. The van der Waals surface area contributed by atoms with Crippen LogP contribution in [0.3, 0.4) is 0 Å². The lowest BCUT2D eigenvalue weighted by Gasteiger charge is -1.84. The monoisotopic (exact) mass is 264 g/mol. The lowest BCUT2D eigenvalue weighted by Crippen LogP contribution is -1.83. The van der Waals surface area contributed by atoms with Gasteiger partial charge in [-0.25, -0.2) is 0 Å². The van der Waals surface area contributed by atoms with Crippen LogP contribution < -0.4 is 0 Å². The maximum atomic E-state index is 8.05. The van der Waals surface area contributed by atoms with Gasteiger partial charge in [0.25, 0.3) is 0 Å². The van der Waals surface area contributed by atoms with Crippen LogP contribution in [0, 0.1) is 0 Å². The van der Waals surface area contributed by atoms with Crippen LogP contribution >= 0.6 is 22.6 Å². The van der Waals surface area contributed by atoms with E-state index >= 15 is 0 Å². The number of oxime groups is 1. The molecule has 0 atom stereocenters. The summed E-state index contributed by atoms with van der Waals surface area (Å²) in [6.45, 7) is 0. The Morgan fingerprint density at radius 2 is 2.27 bits per heavy atom. The van der Waals surface area contributed by atoms with E-state index < -0.39 is 0 Å². The van der Waals surface area contributed by atoms with Crippen LogP contribution in [0.5, 0.6) is 0 Å². The summed E-state index contributed by atoms with van der Waals surface area (Å²) in [5.41, 5.74) is 0.653. The maximum Gasteiger partial charge on any atom is 0.0918 e. The molecule has 0 aromatic carbocycles. The molecule has 11 heavy (non-hydrogen) atoms. The number of aromatic nitrogens is 1. The van der Waals surface area contributed by atoms with Crippen molar-refractivity contribution < 1.29 is 5.21 Å². The van der Waals surface area contributed by atoms with Gasteiger partial charge in [-0.3, -0.25) is 4.98 Å². The van der Waals surface area contributed by atoms with Crippen LogP contribution in [0.1, 0.15) is 5.69 Å².